The lowest BCUT2D eigenvalue weighted by Crippen LogP contribution is -2.29. The summed E-state index contributed by atoms with van der Waals surface area (Å²) in [5.41, 5.74) is 2.49. The van der Waals surface area contributed by atoms with Crippen LogP contribution in [-0.4, -0.2) is 23.4 Å². The first-order valence-corrected chi connectivity index (χ1v) is 11.5. The van der Waals surface area contributed by atoms with E-state index in [0.29, 0.717) is 40.1 Å². The number of aryl methyl sites for hydroxylation is 1. The Morgan fingerprint density at radius 3 is 2.41 bits per heavy atom. The molecule has 1 N–H and O–H groups in total. The molecule has 0 bridgehead atoms. The number of nitrogens with zero attached hydrogens (tertiary/aromatic N) is 1. The molecule has 34 heavy (non-hydrogen) atoms. The highest BCUT2D eigenvalue weighted by molar-refractivity contribution is 6.51. The van der Waals surface area contributed by atoms with Crippen molar-refractivity contribution >= 4 is 34.7 Å². The third kappa shape index (κ3) is 4.57. The van der Waals surface area contributed by atoms with Crippen molar-refractivity contribution in [2.45, 2.75) is 26.8 Å². The van der Waals surface area contributed by atoms with Crippen molar-refractivity contribution in [3.63, 3.8) is 0 Å². The Morgan fingerprint density at radius 2 is 1.76 bits per heavy atom. The van der Waals surface area contributed by atoms with E-state index >= 15 is 0 Å². The van der Waals surface area contributed by atoms with Gasteiger partial charge in [0.05, 0.1) is 18.2 Å². The minimum atomic E-state index is -0.795. The van der Waals surface area contributed by atoms with Crippen LogP contribution in [0.5, 0.6) is 5.75 Å². The lowest BCUT2D eigenvalue weighted by atomic mass is 9.94. The van der Waals surface area contributed by atoms with Gasteiger partial charge in [-0.1, -0.05) is 61.8 Å². The van der Waals surface area contributed by atoms with Crippen LogP contribution in [0.1, 0.15) is 36.6 Å². The van der Waals surface area contributed by atoms with Gasteiger partial charge in [-0.15, -0.1) is 0 Å². The van der Waals surface area contributed by atoms with Gasteiger partial charge in [0.15, 0.2) is 0 Å². The van der Waals surface area contributed by atoms with Crippen LogP contribution in [0.3, 0.4) is 0 Å². The van der Waals surface area contributed by atoms with Crippen molar-refractivity contribution in [2.75, 3.05) is 11.5 Å². The summed E-state index contributed by atoms with van der Waals surface area (Å²) >= 11 is 6.18. The number of benzene rings is 3. The Bertz CT molecular complexity index is 1270. The van der Waals surface area contributed by atoms with Gasteiger partial charge in [-0.2, -0.15) is 0 Å². The molecule has 1 aliphatic heterocycles. The average Bonchev–Trinajstić information content (AvgIpc) is 3.08. The Kier molecular flexibility index (Phi) is 6.75. The summed E-state index contributed by atoms with van der Waals surface area (Å²) in [6.07, 6.45) is 0. The summed E-state index contributed by atoms with van der Waals surface area (Å²) in [5.74, 6) is -0.601. The Labute approximate surface area is 204 Å². The molecule has 5 nitrogen and oxygen atoms in total. The molecule has 0 saturated carbocycles. The number of carbonyl (C=O) groups is 2. The highest BCUT2D eigenvalue weighted by atomic mass is 35.5. The number of carbonyl (C=O) groups excluding carboxylic acids is 2. The first-order valence-electron chi connectivity index (χ1n) is 11.1. The van der Waals surface area contributed by atoms with Gasteiger partial charge < -0.3 is 9.84 Å². The molecule has 6 heteroatoms. The van der Waals surface area contributed by atoms with E-state index in [4.69, 9.17) is 16.3 Å². The number of hydrogen-bond acceptors (Lipinski definition) is 4. The summed E-state index contributed by atoms with van der Waals surface area (Å²) in [5, 5.41) is 11.7. The SMILES string of the molecule is Cc1cc(/C(O)=C2\C(=O)C(=O)N(c3cccc(Cl)c3)C2c2ccccc2)ccc1OCC(C)C. The molecule has 0 aromatic heterocycles. The van der Waals surface area contributed by atoms with Crippen molar-refractivity contribution in [2.24, 2.45) is 5.92 Å². The topological polar surface area (TPSA) is 66.8 Å². The van der Waals surface area contributed by atoms with E-state index in [0.717, 1.165) is 5.56 Å². The van der Waals surface area contributed by atoms with Crippen LogP contribution >= 0.6 is 11.6 Å². The zero-order valence-corrected chi connectivity index (χ0v) is 20.0. The normalized spacial score (nSPS) is 17.4. The summed E-state index contributed by atoms with van der Waals surface area (Å²) in [4.78, 5) is 27.8. The predicted octanol–water partition coefficient (Wildman–Crippen LogP) is 6.31. The molecule has 0 radical (unpaired) electrons. The zero-order chi connectivity index (χ0) is 24.4. The molecular formula is C28H26ClNO4. The quantitative estimate of drug-likeness (QED) is 0.258. The molecule has 3 aromatic carbocycles. The van der Waals surface area contributed by atoms with E-state index in [1.54, 1.807) is 42.5 Å². The molecule has 1 atom stereocenters. The van der Waals surface area contributed by atoms with Crippen molar-refractivity contribution < 1.29 is 19.4 Å². The second-order valence-electron chi connectivity index (χ2n) is 8.74. The maximum atomic E-state index is 13.2. The smallest absolute Gasteiger partial charge is 0.300 e. The molecule has 3 aromatic rings. The van der Waals surface area contributed by atoms with Crippen molar-refractivity contribution in [3.05, 3.63) is 100 Å². The van der Waals surface area contributed by atoms with Crippen LogP contribution in [0.2, 0.25) is 5.02 Å². The van der Waals surface area contributed by atoms with Gasteiger partial charge in [-0.05, 0) is 60.4 Å². The molecule has 174 valence electrons. The summed E-state index contributed by atoms with van der Waals surface area (Å²) < 4.78 is 5.83. The second-order valence-corrected chi connectivity index (χ2v) is 9.18. The minimum absolute atomic E-state index is 0.0337. The molecule has 1 amide bonds. The van der Waals surface area contributed by atoms with Crippen molar-refractivity contribution in [1.82, 2.24) is 0 Å². The minimum Gasteiger partial charge on any atom is -0.507 e. The van der Waals surface area contributed by atoms with Crippen LogP contribution in [0.4, 0.5) is 5.69 Å². The number of anilines is 1. The van der Waals surface area contributed by atoms with Crippen LogP contribution in [-0.2, 0) is 9.59 Å². The standard InChI is InChI=1S/C28H26ClNO4/c1-17(2)16-34-23-13-12-20(14-18(23)3)26(31)24-25(19-8-5-4-6-9-19)30(28(33)27(24)32)22-11-7-10-21(29)15-22/h4-15,17,25,31H,16H2,1-3H3/b26-24+. The molecule has 0 aliphatic carbocycles. The lowest BCUT2D eigenvalue weighted by molar-refractivity contribution is -0.132. The number of amides is 1. The third-order valence-corrected chi connectivity index (χ3v) is 5.90. The number of aliphatic hydroxyl groups excluding tert-OH is 1. The van der Waals surface area contributed by atoms with Gasteiger partial charge in [0, 0.05) is 16.3 Å². The predicted molar refractivity (Wildman–Crippen MR) is 134 cm³/mol. The monoisotopic (exact) mass is 475 g/mol. The fourth-order valence-electron chi connectivity index (χ4n) is 4.05. The Hall–Kier alpha value is -3.57. The van der Waals surface area contributed by atoms with Gasteiger partial charge in [0.1, 0.15) is 11.5 Å². The van der Waals surface area contributed by atoms with Gasteiger partial charge >= 0.3 is 0 Å². The molecule has 1 unspecified atom stereocenters. The van der Waals surface area contributed by atoms with E-state index in [2.05, 4.69) is 13.8 Å². The van der Waals surface area contributed by atoms with Gasteiger partial charge in [0.25, 0.3) is 11.7 Å². The number of halogens is 1. The fourth-order valence-corrected chi connectivity index (χ4v) is 4.23. The summed E-state index contributed by atoms with van der Waals surface area (Å²) in [6.45, 7) is 6.59. The van der Waals surface area contributed by atoms with E-state index in [-0.39, 0.29) is 11.3 Å². The molecule has 1 heterocycles. The van der Waals surface area contributed by atoms with Gasteiger partial charge in [-0.25, -0.2) is 0 Å². The number of Topliss-reactive ketones (excluding diaryl/α,β-unsaturated/α-hetero) is 1. The molecule has 1 fully saturated rings. The Morgan fingerprint density at radius 1 is 1.03 bits per heavy atom. The number of hydrogen-bond donors (Lipinski definition) is 1. The van der Waals surface area contributed by atoms with Crippen molar-refractivity contribution in [3.8, 4) is 5.75 Å². The van der Waals surface area contributed by atoms with Gasteiger partial charge in [-0.3, -0.25) is 14.5 Å². The van der Waals surface area contributed by atoms with Crippen molar-refractivity contribution in [1.29, 1.82) is 0 Å². The van der Waals surface area contributed by atoms with E-state index in [1.807, 2.05) is 37.3 Å². The van der Waals surface area contributed by atoms with Crippen LogP contribution in [0, 0.1) is 12.8 Å². The lowest BCUT2D eigenvalue weighted by Gasteiger charge is -2.25. The first-order chi connectivity index (χ1) is 16.3. The molecule has 1 aliphatic rings. The van der Waals surface area contributed by atoms with E-state index in [9.17, 15) is 14.7 Å². The maximum Gasteiger partial charge on any atom is 0.300 e. The van der Waals surface area contributed by atoms with Crippen LogP contribution < -0.4 is 9.64 Å². The summed E-state index contributed by atoms with van der Waals surface area (Å²) in [6, 6.07) is 20.4. The highest BCUT2D eigenvalue weighted by Gasteiger charge is 2.47. The van der Waals surface area contributed by atoms with Crippen LogP contribution in [0.25, 0.3) is 5.76 Å². The maximum absolute atomic E-state index is 13.2. The molecule has 0 spiro atoms. The van der Waals surface area contributed by atoms with E-state index < -0.39 is 17.7 Å². The molecular weight excluding hydrogens is 450 g/mol. The second kappa shape index (κ2) is 9.74. The molecule has 1 saturated heterocycles. The number of ether oxygens (including phenoxy) is 1. The largest absolute Gasteiger partial charge is 0.507 e. The Balaban J connectivity index is 1.84. The number of rotatable bonds is 6. The number of aliphatic hydroxyl groups is 1. The van der Waals surface area contributed by atoms with E-state index in [1.165, 1.54) is 4.90 Å². The zero-order valence-electron chi connectivity index (χ0n) is 19.3. The summed E-state index contributed by atoms with van der Waals surface area (Å²) in [7, 11) is 0. The number of ketones is 1. The van der Waals surface area contributed by atoms with Gasteiger partial charge in [0.2, 0.25) is 0 Å². The third-order valence-electron chi connectivity index (χ3n) is 5.67. The average molecular weight is 476 g/mol. The highest BCUT2D eigenvalue weighted by Crippen LogP contribution is 2.42. The first kappa shape index (κ1) is 23.6. The molecule has 4 rings (SSSR count). The fraction of sp³-hybridized carbons (Fsp3) is 0.214. The van der Waals surface area contributed by atoms with Crippen LogP contribution in [0.15, 0.2) is 78.4 Å².